The van der Waals surface area contributed by atoms with Crippen molar-refractivity contribution in [2.45, 2.75) is 11.8 Å². The lowest BCUT2D eigenvalue weighted by Crippen LogP contribution is -2.29. The normalized spacial score (nSPS) is 13.2. The number of ether oxygens (including phenoxy) is 2. The topological polar surface area (TPSA) is 73.9 Å². The number of hydrogen-bond acceptors (Lipinski definition) is 5. The molecule has 36 heavy (non-hydrogen) atoms. The summed E-state index contributed by atoms with van der Waals surface area (Å²) in [6.45, 7) is 0.215. The van der Waals surface area contributed by atoms with Crippen LogP contribution < -0.4 is 5.48 Å². The molecule has 0 saturated heterocycles. The first-order valence-corrected chi connectivity index (χ1v) is 11.8. The molecule has 6 nitrogen and oxygen atoms in total. The number of nitrogens with one attached hydrogen (secondary N) is 1. The minimum absolute atomic E-state index is 0.0856. The van der Waals surface area contributed by atoms with E-state index in [1.165, 1.54) is 0 Å². The molecular weight excluding hydrogens is 454 g/mol. The summed E-state index contributed by atoms with van der Waals surface area (Å²) in [7, 11) is 0. The van der Waals surface area contributed by atoms with Gasteiger partial charge in [0.05, 0.1) is 0 Å². The third kappa shape index (κ3) is 3.86. The molecule has 0 spiro atoms. The van der Waals surface area contributed by atoms with Gasteiger partial charge in [-0.3, -0.25) is 0 Å². The number of rotatable bonds is 4. The van der Waals surface area contributed by atoms with E-state index >= 15 is 0 Å². The Morgan fingerprint density at radius 3 is 1.33 bits per heavy atom. The van der Waals surface area contributed by atoms with E-state index in [-0.39, 0.29) is 25.0 Å². The molecule has 2 aliphatic rings. The standard InChI is InChI=1S/C30H23NO5/c32-29(34-17-27-23-13-5-1-9-19(23)20-10-2-6-14-24(20)27)31-36-30(33)35-18-28-25-15-7-3-11-21(25)22-12-4-8-16-26(22)28/h1-16,27-28H,17-18H2,(H,31,32). The highest BCUT2D eigenvalue weighted by atomic mass is 16.8. The number of fused-ring (bicyclic) bond motifs is 6. The maximum absolute atomic E-state index is 12.2. The predicted molar refractivity (Wildman–Crippen MR) is 134 cm³/mol. The first-order valence-electron chi connectivity index (χ1n) is 11.8. The molecule has 0 atom stereocenters. The molecule has 6 rings (SSSR count). The van der Waals surface area contributed by atoms with Crippen molar-refractivity contribution in [1.29, 1.82) is 0 Å². The summed E-state index contributed by atoms with van der Waals surface area (Å²) >= 11 is 0. The lowest BCUT2D eigenvalue weighted by molar-refractivity contribution is 0.0106. The van der Waals surface area contributed by atoms with Crippen molar-refractivity contribution in [2.24, 2.45) is 0 Å². The fourth-order valence-corrected chi connectivity index (χ4v) is 5.33. The minimum atomic E-state index is -0.995. The maximum Gasteiger partial charge on any atom is 0.533 e. The third-order valence-corrected chi connectivity index (χ3v) is 6.89. The zero-order chi connectivity index (χ0) is 24.5. The third-order valence-electron chi connectivity index (χ3n) is 6.89. The second-order valence-corrected chi connectivity index (χ2v) is 8.82. The van der Waals surface area contributed by atoms with E-state index in [2.05, 4.69) is 24.3 Å². The Hall–Kier alpha value is -4.58. The highest BCUT2D eigenvalue weighted by Crippen LogP contribution is 2.45. The van der Waals surface area contributed by atoms with Crippen molar-refractivity contribution in [2.75, 3.05) is 13.2 Å². The van der Waals surface area contributed by atoms with Crippen LogP contribution in [0.1, 0.15) is 34.1 Å². The van der Waals surface area contributed by atoms with Crippen LogP contribution in [0.25, 0.3) is 22.3 Å². The Labute approximate surface area is 208 Å². The number of benzene rings is 4. The van der Waals surface area contributed by atoms with E-state index in [4.69, 9.17) is 14.3 Å². The molecule has 178 valence electrons. The van der Waals surface area contributed by atoms with E-state index in [0.29, 0.717) is 0 Å². The lowest BCUT2D eigenvalue weighted by atomic mass is 9.98. The molecule has 0 fully saturated rings. The molecule has 4 aromatic carbocycles. The molecule has 1 N–H and O–H groups in total. The summed E-state index contributed by atoms with van der Waals surface area (Å²) in [5.74, 6) is -0.183. The van der Waals surface area contributed by atoms with Crippen LogP contribution in [-0.2, 0) is 14.3 Å². The molecule has 6 heteroatoms. The van der Waals surface area contributed by atoms with Gasteiger partial charge in [-0.05, 0) is 44.5 Å². The van der Waals surface area contributed by atoms with Crippen molar-refractivity contribution in [3.05, 3.63) is 119 Å². The zero-order valence-electron chi connectivity index (χ0n) is 19.3. The van der Waals surface area contributed by atoms with Crippen LogP contribution >= 0.6 is 0 Å². The van der Waals surface area contributed by atoms with Crippen LogP contribution in [0.4, 0.5) is 9.59 Å². The van der Waals surface area contributed by atoms with E-state index < -0.39 is 12.2 Å². The van der Waals surface area contributed by atoms with Gasteiger partial charge < -0.3 is 14.3 Å². The monoisotopic (exact) mass is 477 g/mol. The van der Waals surface area contributed by atoms with E-state index in [1.807, 2.05) is 78.3 Å². The quantitative estimate of drug-likeness (QED) is 0.272. The summed E-state index contributed by atoms with van der Waals surface area (Å²) in [5.41, 5.74) is 11.0. The second kappa shape index (κ2) is 9.23. The first-order chi connectivity index (χ1) is 17.7. The molecule has 0 radical (unpaired) electrons. The van der Waals surface area contributed by atoms with Crippen molar-refractivity contribution < 1.29 is 23.9 Å². The molecule has 0 aliphatic heterocycles. The van der Waals surface area contributed by atoms with Crippen molar-refractivity contribution in [3.63, 3.8) is 0 Å². The molecule has 0 bridgehead atoms. The van der Waals surface area contributed by atoms with Gasteiger partial charge in [0.1, 0.15) is 13.2 Å². The predicted octanol–water partition coefficient (Wildman–Crippen LogP) is 6.41. The minimum Gasteiger partial charge on any atom is -0.446 e. The molecule has 4 aromatic rings. The molecule has 0 unspecified atom stereocenters. The second-order valence-electron chi connectivity index (χ2n) is 8.82. The van der Waals surface area contributed by atoms with Crippen molar-refractivity contribution in [3.8, 4) is 22.3 Å². The largest absolute Gasteiger partial charge is 0.533 e. The van der Waals surface area contributed by atoms with Crippen LogP contribution in [0.2, 0.25) is 0 Å². The van der Waals surface area contributed by atoms with Gasteiger partial charge in [0.15, 0.2) is 0 Å². The van der Waals surface area contributed by atoms with Crippen LogP contribution in [0.3, 0.4) is 0 Å². The van der Waals surface area contributed by atoms with Crippen LogP contribution in [-0.4, -0.2) is 25.5 Å². The number of carbonyl (C=O) groups is 2. The van der Waals surface area contributed by atoms with Gasteiger partial charge in [-0.1, -0.05) is 97.1 Å². The summed E-state index contributed by atoms with van der Waals surface area (Å²) in [4.78, 5) is 29.3. The van der Waals surface area contributed by atoms with Crippen molar-refractivity contribution >= 4 is 12.2 Å². The van der Waals surface area contributed by atoms with Crippen molar-refractivity contribution in [1.82, 2.24) is 5.48 Å². The van der Waals surface area contributed by atoms with Crippen LogP contribution in [0.5, 0.6) is 0 Å². The SMILES string of the molecule is O=C(NOC(=O)OCC1c2ccccc2-c2ccccc21)OCC1c2ccccc2-c2ccccc21. The summed E-state index contributed by atoms with van der Waals surface area (Å²) in [6.07, 6.45) is -1.85. The Balaban J connectivity index is 1.03. The summed E-state index contributed by atoms with van der Waals surface area (Å²) in [5, 5.41) is 0. The van der Waals surface area contributed by atoms with Gasteiger partial charge in [0.2, 0.25) is 0 Å². The highest BCUT2D eigenvalue weighted by Gasteiger charge is 2.30. The zero-order valence-corrected chi connectivity index (χ0v) is 19.3. The lowest BCUT2D eigenvalue weighted by Gasteiger charge is -2.15. The molecule has 2 aliphatic carbocycles. The fraction of sp³-hybridized carbons (Fsp3) is 0.133. The smallest absolute Gasteiger partial charge is 0.446 e. The highest BCUT2D eigenvalue weighted by molar-refractivity contribution is 5.80. The fourth-order valence-electron chi connectivity index (χ4n) is 5.33. The molecule has 0 saturated carbocycles. The average molecular weight is 478 g/mol. The van der Waals surface area contributed by atoms with E-state index in [9.17, 15) is 9.59 Å². The number of carbonyl (C=O) groups excluding carboxylic acids is 2. The molecule has 0 heterocycles. The Morgan fingerprint density at radius 1 is 0.556 bits per heavy atom. The van der Waals surface area contributed by atoms with Crippen LogP contribution in [0, 0.1) is 0 Å². The van der Waals surface area contributed by atoms with E-state index in [0.717, 1.165) is 44.5 Å². The molecule has 0 aromatic heterocycles. The molecule has 1 amide bonds. The van der Waals surface area contributed by atoms with E-state index in [1.54, 1.807) is 0 Å². The Morgan fingerprint density at radius 2 is 0.917 bits per heavy atom. The number of hydrogen-bond donors (Lipinski definition) is 1. The summed E-state index contributed by atoms with van der Waals surface area (Å²) < 4.78 is 10.7. The Bertz CT molecular complexity index is 1260. The summed E-state index contributed by atoms with van der Waals surface area (Å²) in [6, 6.07) is 32.2. The van der Waals surface area contributed by atoms with Gasteiger partial charge in [-0.2, -0.15) is 0 Å². The number of hydroxylamine groups is 1. The average Bonchev–Trinajstić information content (AvgIpc) is 3.42. The molecular formula is C30H23NO5. The number of amides is 1. The first kappa shape index (κ1) is 21.9. The van der Waals surface area contributed by atoms with Crippen LogP contribution in [0.15, 0.2) is 97.1 Å². The van der Waals surface area contributed by atoms with Gasteiger partial charge in [-0.15, -0.1) is 5.48 Å². The van der Waals surface area contributed by atoms with Gasteiger partial charge in [-0.25, -0.2) is 9.59 Å². The van der Waals surface area contributed by atoms with Gasteiger partial charge in [0.25, 0.3) is 0 Å². The van der Waals surface area contributed by atoms with Gasteiger partial charge >= 0.3 is 12.2 Å². The maximum atomic E-state index is 12.2. The van der Waals surface area contributed by atoms with Gasteiger partial charge in [0, 0.05) is 11.8 Å². The Kier molecular flexibility index (Phi) is 5.62.